The Hall–Kier alpha value is -0.120. The molecule has 2 rings (SSSR count). The summed E-state index contributed by atoms with van der Waals surface area (Å²) in [5.74, 6) is 0.933. The van der Waals surface area contributed by atoms with E-state index in [4.69, 9.17) is 9.47 Å². The van der Waals surface area contributed by atoms with Crippen LogP contribution >= 0.6 is 0 Å². The molecule has 0 amide bonds. The molecule has 3 nitrogen and oxygen atoms in total. The van der Waals surface area contributed by atoms with Crippen LogP contribution in [0.3, 0.4) is 0 Å². The third-order valence-corrected chi connectivity index (χ3v) is 4.28. The fraction of sp³-hybridized carbons (Fsp3) is 1.00. The van der Waals surface area contributed by atoms with Gasteiger partial charge in [0.25, 0.3) is 0 Å². The number of hydrogen-bond acceptors (Lipinski definition) is 3. The van der Waals surface area contributed by atoms with Gasteiger partial charge in [-0.15, -0.1) is 0 Å². The van der Waals surface area contributed by atoms with E-state index in [-0.39, 0.29) is 0 Å². The Kier molecular flexibility index (Phi) is 6.46. The molecule has 0 saturated carbocycles. The zero-order valence-corrected chi connectivity index (χ0v) is 11.9. The van der Waals surface area contributed by atoms with Crippen molar-refractivity contribution in [2.24, 2.45) is 5.92 Å². The summed E-state index contributed by atoms with van der Waals surface area (Å²) >= 11 is 0. The molecule has 1 atom stereocenters. The van der Waals surface area contributed by atoms with Crippen LogP contribution in [0, 0.1) is 5.92 Å². The zero-order chi connectivity index (χ0) is 12.6. The monoisotopic (exact) mass is 255 g/mol. The first-order chi connectivity index (χ1) is 8.84. The molecule has 0 aromatic heterocycles. The fourth-order valence-electron chi connectivity index (χ4n) is 3.08. The van der Waals surface area contributed by atoms with Crippen LogP contribution in [0.2, 0.25) is 0 Å². The molecule has 2 heterocycles. The summed E-state index contributed by atoms with van der Waals surface area (Å²) in [6.07, 6.45) is 9.69. The maximum Gasteiger partial charge on any atom is 0.0702 e. The van der Waals surface area contributed by atoms with Crippen molar-refractivity contribution in [3.05, 3.63) is 0 Å². The summed E-state index contributed by atoms with van der Waals surface area (Å²) in [6, 6.07) is 0. The van der Waals surface area contributed by atoms with E-state index in [9.17, 15) is 0 Å². The second kappa shape index (κ2) is 8.13. The summed E-state index contributed by atoms with van der Waals surface area (Å²) in [5.41, 5.74) is 0. The first-order valence-electron chi connectivity index (χ1n) is 7.72. The molecule has 0 aromatic rings. The maximum atomic E-state index is 5.67. The standard InChI is InChI=1S/C15H29NO2/c1-16(13-15-6-4-10-18-15)9-3-2-5-14-7-11-17-12-8-14/h14-15H,2-13H2,1H3/t15-/m0/s1. The molecule has 0 aromatic carbocycles. The number of hydrogen-bond donors (Lipinski definition) is 0. The molecule has 2 aliphatic heterocycles. The molecular formula is C15H29NO2. The molecule has 0 aliphatic carbocycles. The highest BCUT2D eigenvalue weighted by atomic mass is 16.5. The second-order valence-electron chi connectivity index (χ2n) is 5.95. The van der Waals surface area contributed by atoms with E-state index < -0.39 is 0 Å². The van der Waals surface area contributed by atoms with Gasteiger partial charge in [-0.25, -0.2) is 0 Å². The van der Waals surface area contributed by atoms with Crippen molar-refractivity contribution in [2.75, 3.05) is 40.0 Å². The average Bonchev–Trinajstić information content (AvgIpc) is 2.89. The Balaban J connectivity index is 1.46. The highest BCUT2D eigenvalue weighted by molar-refractivity contribution is 4.69. The number of ether oxygens (including phenoxy) is 2. The normalized spacial score (nSPS) is 26.0. The highest BCUT2D eigenvalue weighted by Crippen LogP contribution is 2.21. The van der Waals surface area contributed by atoms with Crippen LogP contribution in [0.5, 0.6) is 0 Å². The molecule has 0 bridgehead atoms. The van der Waals surface area contributed by atoms with Crippen LogP contribution in [0.15, 0.2) is 0 Å². The van der Waals surface area contributed by atoms with Crippen LogP contribution in [0.4, 0.5) is 0 Å². The van der Waals surface area contributed by atoms with Gasteiger partial charge in [0.2, 0.25) is 0 Å². The third-order valence-electron chi connectivity index (χ3n) is 4.28. The van der Waals surface area contributed by atoms with Gasteiger partial charge in [0.15, 0.2) is 0 Å². The SMILES string of the molecule is CN(CCCCC1CCOCC1)C[C@@H]1CCCO1. The molecule has 0 spiro atoms. The first kappa shape index (κ1) is 14.3. The van der Waals surface area contributed by atoms with Gasteiger partial charge in [-0.05, 0) is 51.6 Å². The molecule has 0 N–H and O–H groups in total. The van der Waals surface area contributed by atoms with Gasteiger partial charge in [0.05, 0.1) is 6.10 Å². The average molecular weight is 255 g/mol. The summed E-state index contributed by atoms with van der Waals surface area (Å²) in [6.45, 7) is 5.30. The van der Waals surface area contributed by atoms with E-state index in [2.05, 4.69) is 11.9 Å². The molecule has 2 aliphatic rings. The molecule has 106 valence electrons. The number of nitrogens with zero attached hydrogens (tertiary/aromatic N) is 1. The fourth-order valence-corrected chi connectivity index (χ4v) is 3.08. The topological polar surface area (TPSA) is 21.7 Å². The Morgan fingerprint density at radius 1 is 1.06 bits per heavy atom. The molecular weight excluding hydrogens is 226 g/mol. The summed E-state index contributed by atoms with van der Waals surface area (Å²) in [5, 5.41) is 0. The lowest BCUT2D eigenvalue weighted by atomic mass is 9.94. The molecule has 2 saturated heterocycles. The minimum Gasteiger partial charge on any atom is -0.381 e. The zero-order valence-electron chi connectivity index (χ0n) is 11.9. The second-order valence-corrected chi connectivity index (χ2v) is 5.95. The van der Waals surface area contributed by atoms with E-state index >= 15 is 0 Å². The van der Waals surface area contributed by atoms with Crippen molar-refractivity contribution in [1.82, 2.24) is 4.90 Å². The number of unbranched alkanes of at least 4 members (excludes halogenated alkanes) is 1. The van der Waals surface area contributed by atoms with Crippen molar-refractivity contribution in [2.45, 2.75) is 51.0 Å². The predicted molar refractivity (Wildman–Crippen MR) is 73.9 cm³/mol. The van der Waals surface area contributed by atoms with E-state index in [0.717, 1.165) is 32.3 Å². The summed E-state index contributed by atoms with van der Waals surface area (Å²) < 4.78 is 11.1. The number of rotatable bonds is 7. The van der Waals surface area contributed by atoms with Crippen LogP contribution in [-0.2, 0) is 9.47 Å². The summed E-state index contributed by atoms with van der Waals surface area (Å²) in [4.78, 5) is 2.44. The Bertz CT molecular complexity index is 211. The minimum absolute atomic E-state index is 0.505. The van der Waals surface area contributed by atoms with Crippen molar-refractivity contribution in [3.63, 3.8) is 0 Å². The van der Waals surface area contributed by atoms with Crippen molar-refractivity contribution in [3.8, 4) is 0 Å². The number of likely N-dealkylation sites (N-methyl/N-ethyl adjacent to an activating group) is 1. The lowest BCUT2D eigenvalue weighted by molar-refractivity contribution is 0.0622. The van der Waals surface area contributed by atoms with E-state index in [1.54, 1.807) is 0 Å². The van der Waals surface area contributed by atoms with Gasteiger partial charge in [-0.3, -0.25) is 0 Å². The molecule has 0 unspecified atom stereocenters. The largest absolute Gasteiger partial charge is 0.381 e. The van der Waals surface area contributed by atoms with Crippen LogP contribution in [-0.4, -0.2) is 51.0 Å². The van der Waals surface area contributed by atoms with E-state index in [1.165, 1.54) is 51.5 Å². The highest BCUT2D eigenvalue weighted by Gasteiger charge is 2.17. The van der Waals surface area contributed by atoms with Crippen LogP contribution in [0.25, 0.3) is 0 Å². The van der Waals surface area contributed by atoms with Crippen molar-refractivity contribution in [1.29, 1.82) is 0 Å². The molecule has 3 heteroatoms. The first-order valence-corrected chi connectivity index (χ1v) is 7.72. The quantitative estimate of drug-likeness (QED) is 0.653. The lowest BCUT2D eigenvalue weighted by Crippen LogP contribution is -2.29. The Labute approximate surface area is 112 Å². The third kappa shape index (κ3) is 5.25. The van der Waals surface area contributed by atoms with Crippen LogP contribution < -0.4 is 0 Å². The van der Waals surface area contributed by atoms with Gasteiger partial charge in [0.1, 0.15) is 0 Å². The van der Waals surface area contributed by atoms with Gasteiger partial charge >= 0.3 is 0 Å². The summed E-state index contributed by atoms with van der Waals surface area (Å²) in [7, 11) is 2.23. The van der Waals surface area contributed by atoms with Crippen LogP contribution in [0.1, 0.15) is 44.9 Å². The van der Waals surface area contributed by atoms with Crippen molar-refractivity contribution >= 4 is 0 Å². The van der Waals surface area contributed by atoms with Gasteiger partial charge < -0.3 is 14.4 Å². The Morgan fingerprint density at radius 2 is 1.89 bits per heavy atom. The van der Waals surface area contributed by atoms with E-state index in [1.807, 2.05) is 0 Å². The maximum absolute atomic E-state index is 5.67. The van der Waals surface area contributed by atoms with Crippen molar-refractivity contribution < 1.29 is 9.47 Å². The minimum atomic E-state index is 0.505. The molecule has 0 radical (unpaired) electrons. The van der Waals surface area contributed by atoms with Gasteiger partial charge in [-0.2, -0.15) is 0 Å². The van der Waals surface area contributed by atoms with Gasteiger partial charge in [-0.1, -0.05) is 12.8 Å². The molecule has 2 fully saturated rings. The molecule has 18 heavy (non-hydrogen) atoms. The lowest BCUT2D eigenvalue weighted by Gasteiger charge is -2.23. The Morgan fingerprint density at radius 3 is 2.61 bits per heavy atom. The van der Waals surface area contributed by atoms with E-state index in [0.29, 0.717) is 6.10 Å². The van der Waals surface area contributed by atoms with Gasteiger partial charge in [0, 0.05) is 26.4 Å². The predicted octanol–water partition coefficient (Wildman–Crippen LogP) is 2.69. The smallest absolute Gasteiger partial charge is 0.0702 e.